The van der Waals surface area contributed by atoms with Gasteiger partial charge in [-0.3, -0.25) is 9.69 Å². The van der Waals surface area contributed by atoms with Crippen LogP contribution in [0.3, 0.4) is 0 Å². The molecule has 1 aromatic carbocycles. The van der Waals surface area contributed by atoms with Crippen LogP contribution < -0.4 is 0 Å². The first-order valence-electron chi connectivity index (χ1n) is 6.81. The molecular formula is C15H20FNO2. The molecule has 1 fully saturated rings. The second-order valence-corrected chi connectivity index (χ2v) is 5.22. The molecular weight excluding hydrogens is 245 g/mol. The van der Waals surface area contributed by atoms with Crippen molar-refractivity contribution in [3.8, 4) is 0 Å². The van der Waals surface area contributed by atoms with E-state index in [9.17, 15) is 9.18 Å². The van der Waals surface area contributed by atoms with Gasteiger partial charge < -0.3 is 5.11 Å². The molecule has 0 spiro atoms. The number of aliphatic carboxylic acids is 1. The van der Waals surface area contributed by atoms with Crippen LogP contribution >= 0.6 is 0 Å². The van der Waals surface area contributed by atoms with E-state index in [0.29, 0.717) is 0 Å². The summed E-state index contributed by atoms with van der Waals surface area (Å²) in [7, 11) is 0. The van der Waals surface area contributed by atoms with Crippen molar-refractivity contribution in [1.29, 1.82) is 0 Å². The number of carbonyl (C=O) groups is 1. The summed E-state index contributed by atoms with van der Waals surface area (Å²) in [6.07, 6.45) is 2.13. The summed E-state index contributed by atoms with van der Waals surface area (Å²) in [6, 6.07) is 6.90. The molecule has 1 aliphatic heterocycles. The first kappa shape index (κ1) is 14.0. The molecule has 19 heavy (non-hydrogen) atoms. The van der Waals surface area contributed by atoms with Gasteiger partial charge in [-0.1, -0.05) is 19.1 Å². The number of hydrogen-bond donors (Lipinski definition) is 1. The number of carboxylic acids is 1. The van der Waals surface area contributed by atoms with Crippen LogP contribution in [0, 0.1) is 11.7 Å². The smallest absolute Gasteiger partial charge is 0.303 e. The fourth-order valence-corrected chi connectivity index (χ4v) is 2.95. The first-order chi connectivity index (χ1) is 9.10. The molecule has 0 radical (unpaired) electrons. The molecule has 1 aromatic rings. The Labute approximate surface area is 113 Å². The van der Waals surface area contributed by atoms with Crippen LogP contribution in [-0.2, 0) is 4.79 Å². The van der Waals surface area contributed by atoms with Gasteiger partial charge in [-0.15, -0.1) is 0 Å². The molecule has 0 amide bonds. The van der Waals surface area contributed by atoms with E-state index in [1.54, 1.807) is 0 Å². The fraction of sp³-hybridized carbons (Fsp3) is 0.533. The van der Waals surface area contributed by atoms with E-state index in [0.717, 1.165) is 31.5 Å². The summed E-state index contributed by atoms with van der Waals surface area (Å²) >= 11 is 0. The number of hydrogen-bond acceptors (Lipinski definition) is 2. The van der Waals surface area contributed by atoms with Crippen molar-refractivity contribution in [3.05, 3.63) is 35.6 Å². The van der Waals surface area contributed by atoms with Crippen LogP contribution in [0.4, 0.5) is 4.39 Å². The van der Waals surface area contributed by atoms with Gasteiger partial charge in [-0.05, 0) is 43.0 Å². The Hall–Kier alpha value is -1.42. The molecule has 2 rings (SSSR count). The van der Waals surface area contributed by atoms with Crippen molar-refractivity contribution >= 4 is 5.97 Å². The van der Waals surface area contributed by atoms with E-state index in [-0.39, 0.29) is 24.2 Å². The van der Waals surface area contributed by atoms with Gasteiger partial charge in [0, 0.05) is 19.0 Å². The summed E-state index contributed by atoms with van der Waals surface area (Å²) in [4.78, 5) is 13.1. The number of likely N-dealkylation sites (tertiary alicyclic amines) is 1. The van der Waals surface area contributed by atoms with Gasteiger partial charge >= 0.3 is 5.97 Å². The maximum atomic E-state index is 13.0. The molecule has 2 unspecified atom stereocenters. The lowest BCUT2D eigenvalue weighted by Gasteiger charge is -2.27. The van der Waals surface area contributed by atoms with Crippen LogP contribution in [0.15, 0.2) is 24.3 Å². The molecule has 4 heteroatoms. The van der Waals surface area contributed by atoms with E-state index < -0.39 is 5.97 Å². The lowest BCUT2D eigenvalue weighted by molar-refractivity contribution is -0.138. The fourth-order valence-electron chi connectivity index (χ4n) is 2.95. The normalized spacial score (nSPS) is 21.5. The lowest BCUT2D eigenvalue weighted by Crippen LogP contribution is -2.26. The van der Waals surface area contributed by atoms with Crippen molar-refractivity contribution in [1.82, 2.24) is 4.90 Å². The predicted molar refractivity (Wildman–Crippen MR) is 71.4 cm³/mol. The largest absolute Gasteiger partial charge is 0.481 e. The van der Waals surface area contributed by atoms with Gasteiger partial charge in [-0.2, -0.15) is 0 Å². The molecule has 1 saturated heterocycles. The zero-order valence-electron chi connectivity index (χ0n) is 11.2. The topological polar surface area (TPSA) is 40.5 Å². The monoisotopic (exact) mass is 265 g/mol. The van der Waals surface area contributed by atoms with Gasteiger partial charge in [-0.25, -0.2) is 4.39 Å². The molecule has 1 N–H and O–H groups in total. The van der Waals surface area contributed by atoms with Crippen LogP contribution in [0.25, 0.3) is 0 Å². The highest BCUT2D eigenvalue weighted by molar-refractivity contribution is 5.67. The number of benzene rings is 1. The maximum absolute atomic E-state index is 13.0. The number of carboxylic acid groups (broad SMARTS) is 1. The number of halogens is 1. The Morgan fingerprint density at radius 1 is 1.47 bits per heavy atom. The molecule has 0 bridgehead atoms. The zero-order chi connectivity index (χ0) is 13.8. The molecule has 0 aliphatic carbocycles. The minimum atomic E-state index is -0.721. The Balaban J connectivity index is 2.03. The standard InChI is InChI=1S/C15H20FNO2/c1-2-14(12-3-5-13(16)6-4-12)17-8-7-11(10-17)9-15(18)19/h3-6,11,14H,2,7-10H2,1H3,(H,18,19). The molecule has 2 atom stereocenters. The maximum Gasteiger partial charge on any atom is 0.303 e. The van der Waals surface area contributed by atoms with Crippen LogP contribution in [0.2, 0.25) is 0 Å². The van der Waals surface area contributed by atoms with Gasteiger partial charge in [0.1, 0.15) is 5.82 Å². The number of nitrogens with zero attached hydrogens (tertiary/aromatic N) is 1. The van der Waals surface area contributed by atoms with E-state index >= 15 is 0 Å². The van der Waals surface area contributed by atoms with Gasteiger partial charge in [0.2, 0.25) is 0 Å². The second kappa shape index (κ2) is 6.15. The molecule has 3 nitrogen and oxygen atoms in total. The SMILES string of the molecule is CCC(c1ccc(F)cc1)N1CCC(CC(=O)O)C1. The van der Waals surface area contributed by atoms with Gasteiger partial charge in [0.15, 0.2) is 0 Å². The second-order valence-electron chi connectivity index (χ2n) is 5.22. The van der Waals surface area contributed by atoms with Crippen molar-refractivity contribution < 1.29 is 14.3 Å². The van der Waals surface area contributed by atoms with E-state index in [1.165, 1.54) is 12.1 Å². The predicted octanol–water partition coefficient (Wildman–Crippen LogP) is 3.07. The third-order valence-electron chi connectivity index (χ3n) is 3.86. The summed E-state index contributed by atoms with van der Waals surface area (Å²) in [6.45, 7) is 3.86. The number of rotatable bonds is 5. The third kappa shape index (κ3) is 3.53. The van der Waals surface area contributed by atoms with E-state index in [2.05, 4.69) is 11.8 Å². The highest BCUT2D eigenvalue weighted by Gasteiger charge is 2.29. The van der Waals surface area contributed by atoms with E-state index in [4.69, 9.17) is 5.11 Å². The van der Waals surface area contributed by atoms with Gasteiger partial charge in [0.25, 0.3) is 0 Å². The summed E-state index contributed by atoms with van der Waals surface area (Å²) in [5, 5.41) is 8.84. The average Bonchev–Trinajstić information content (AvgIpc) is 2.80. The van der Waals surface area contributed by atoms with Crippen LogP contribution in [0.1, 0.15) is 37.8 Å². The van der Waals surface area contributed by atoms with Crippen molar-refractivity contribution in [2.45, 2.75) is 32.2 Å². The minimum Gasteiger partial charge on any atom is -0.481 e. The minimum absolute atomic E-state index is 0.219. The molecule has 0 aromatic heterocycles. The quantitative estimate of drug-likeness (QED) is 0.889. The summed E-state index contributed by atoms with van der Waals surface area (Å²) in [5.41, 5.74) is 1.11. The third-order valence-corrected chi connectivity index (χ3v) is 3.86. The van der Waals surface area contributed by atoms with Crippen molar-refractivity contribution in [2.75, 3.05) is 13.1 Å². The summed E-state index contributed by atoms with van der Waals surface area (Å²) in [5.74, 6) is -0.697. The van der Waals surface area contributed by atoms with Crippen molar-refractivity contribution in [3.63, 3.8) is 0 Å². The molecule has 104 valence electrons. The molecule has 1 aliphatic rings. The zero-order valence-corrected chi connectivity index (χ0v) is 11.2. The highest BCUT2D eigenvalue weighted by atomic mass is 19.1. The van der Waals surface area contributed by atoms with Crippen LogP contribution in [-0.4, -0.2) is 29.1 Å². The van der Waals surface area contributed by atoms with Gasteiger partial charge in [0.05, 0.1) is 0 Å². The molecule has 0 saturated carbocycles. The Bertz CT molecular complexity index is 432. The van der Waals surface area contributed by atoms with E-state index in [1.807, 2.05) is 12.1 Å². The lowest BCUT2D eigenvalue weighted by atomic mass is 10.0. The van der Waals surface area contributed by atoms with Crippen molar-refractivity contribution in [2.24, 2.45) is 5.92 Å². The molecule has 1 heterocycles. The average molecular weight is 265 g/mol. The first-order valence-corrected chi connectivity index (χ1v) is 6.81. The Morgan fingerprint density at radius 2 is 2.16 bits per heavy atom. The Morgan fingerprint density at radius 3 is 2.74 bits per heavy atom. The summed E-state index contributed by atoms with van der Waals surface area (Å²) < 4.78 is 13.0. The van der Waals surface area contributed by atoms with Crippen LogP contribution in [0.5, 0.6) is 0 Å². The Kier molecular flexibility index (Phi) is 4.53. The highest BCUT2D eigenvalue weighted by Crippen LogP contribution is 2.31.